The van der Waals surface area contributed by atoms with Crippen LogP contribution in [-0.4, -0.2) is 17.6 Å². The van der Waals surface area contributed by atoms with Crippen LogP contribution >= 0.6 is 0 Å². The van der Waals surface area contributed by atoms with Crippen LogP contribution in [0.5, 0.6) is 0 Å². The summed E-state index contributed by atoms with van der Waals surface area (Å²) in [6.07, 6.45) is 7.12. The largest absolute Gasteiger partial charge is 1.00 e. The zero-order chi connectivity index (χ0) is 8.53. The first-order valence-corrected chi connectivity index (χ1v) is 3.96. The zero-order valence-corrected chi connectivity index (χ0v) is 7.89. The predicted molar refractivity (Wildman–Crippen MR) is 43.0 cm³/mol. The van der Waals surface area contributed by atoms with E-state index in [0.29, 0.717) is 0 Å². The molecule has 4 heteroatoms. The van der Waals surface area contributed by atoms with Gasteiger partial charge < -0.3 is 23.2 Å². The molecule has 0 aliphatic heterocycles. The Hall–Kier alpha value is -0.540. The third kappa shape index (κ3) is 12.2. The fourth-order valence-electron chi connectivity index (χ4n) is 0.800. The van der Waals surface area contributed by atoms with Gasteiger partial charge in [0.15, 0.2) is 0 Å². The van der Waals surface area contributed by atoms with Crippen LogP contribution in [0.15, 0.2) is 12.2 Å². The average molecular weight is 194 g/mol. The predicted octanol–water partition coefficient (Wildman–Crippen LogP) is -2.57. The van der Waals surface area contributed by atoms with Gasteiger partial charge in [-0.1, -0.05) is 6.08 Å². The Kier molecular flexibility index (Phi) is 12.2. The highest BCUT2D eigenvalue weighted by Gasteiger charge is 1.87. The number of aliphatic carboxylic acids is 1. The molecule has 0 bridgehead atoms. The molecule has 12 heavy (non-hydrogen) atoms. The second kappa shape index (κ2) is 10.5. The van der Waals surface area contributed by atoms with Crippen LogP contribution in [-0.2, 0) is 4.79 Å². The van der Waals surface area contributed by atoms with Crippen LogP contribution in [0.2, 0.25) is 0 Å². The summed E-state index contributed by atoms with van der Waals surface area (Å²) >= 11 is 0. The minimum Gasteiger partial charge on any atom is -1.00 e. The molecule has 0 spiro atoms. The van der Waals surface area contributed by atoms with E-state index in [-0.39, 0.29) is 12.4 Å². The number of hydrogen-bond acceptors (Lipinski definition) is 1. The maximum Gasteiger partial charge on any atom is 0.327 e. The van der Waals surface area contributed by atoms with Crippen molar-refractivity contribution in [2.45, 2.75) is 25.7 Å². The number of rotatable bonds is 6. The number of allylic oxidation sites excluding steroid dienone is 1. The molecule has 0 rings (SSSR count). The van der Waals surface area contributed by atoms with E-state index in [9.17, 15) is 4.79 Å². The lowest BCUT2D eigenvalue weighted by molar-refractivity contribution is -0.368. The molecule has 0 aromatic carbocycles. The summed E-state index contributed by atoms with van der Waals surface area (Å²) in [7, 11) is 0. The summed E-state index contributed by atoms with van der Waals surface area (Å²) in [5, 5.41) is 8.22. The highest BCUT2D eigenvalue weighted by atomic mass is 35.5. The minimum atomic E-state index is -0.859. The Morgan fingerprint density at radius 1 is 1.33 bits per heavy atom. The van der Waals surface area contributed by atoms with Crippen LogP contribution in [0.4, 0.5) is 0 Å². The molecule has 3 nitrogen and oxygen atoms in total. The summed E-state index contributed by atoms with van der Waals surface area (Å²) in [6.45, 7) is 0.975. The number of halogens is 1. The Bertz CT molecular complexity index is 137. The molecule has 0 aromatic rings. The first-order chi connectivity index (χ1) is 5.27. The van der Waals surface area contributed by atoms with Gasteiger partial charge in [-0.15, -0.1) is 0 Å². The van der Waals surface area contributed by atoms with E-state index in [1.165, 1.54) is 6.08 Å². The molecule has 0 unspecified atom stereocenters. The zero-order valence-electron chi connectivity index (χ0n) is 7.13. The van der Waals surface area contributed by atoms with Crippen molar-refractivity contribution in [3.63, 3.8) is 0 Å². The monoisotopic (exact) mass is 193 g/mol. The van der Waals surface area contributed by atoms with Gasteiger partial charge in [-0.2, -0.15) is 0 Å². The van der Waals surface area contributed by atoms with Gasteiger partial charge in [0, 0.05) is 6.08 Å². The summed E-state index contributed by atoms with van der Waals surface area (Å²) in [6, 6.07) is 0. The molecular weight excluding hydrogens is 178 g/mol. The van der Waals surface area contributed by atoms with E-state index < -0.39 is 5.97 Å². The molecule has 0 fully saturated rings. The van der Waals surface area contributed by atoms with Crippen LogP contribution in [0.1, 0.15) is 25.7 Å². The standard InChI is InChI=1S/C8H15NO2.ClH/c9-7-5-3-1-2-4-6-8(10)11;/h4,6H,1-3,5,7,9H2,(H,10,11);1H/b6-4+;. The lowest BCUT2D eigenvalue weighted by Gasteiger charge is -1.91. The van der Waals surface area contributed by atoms with Crippen LogP contribution in [0.3, 0.4) is 0 Å². The fraction of sp³-hybridized carbons (Fsp3) is 0.625. The van der Waals surface area contributed by atoms with E-state index in [1.807, 2.05) is 0 Å². The normalized spacial score (nSPS) is 9.75. The molecule has 0 aromatic heterocycles. The molecule has 0 aliphatic carbocycles. The Morgan fingerprint density at radius 3 is 2.50 bits per heavy atom. The van der Waals surface area contributed by atoms with Crippen molar-refractivity contribution in [2.24, 2.45) is 0 Å². The van der Waals surface area contributed by atoms with Gasteiger partial charge in [-0.3, -0.25) is 0 Å². The lowest BCUT2D eigenvalue weighted by Crippen LogP contribution is -3.00. The molecule has 0 saturated carbocycles. The average Bonchev–Trinajstić information content (AvgIpc) is 1.96. The van der Waals surface area contributed by atoms with Crippen molar-refractivity contribution in [1.82, 2.24) is 0 Å². The van der Waals surface area contributed by atoms with E-state index in [4.69, 9.17) is 5.11 Å². The van der Waals surface area contributed by atoms with Gasteiger partial charge in [-0.05, 0) is 25.7 Å². The second-order valence-corrected chi connectivity index (χ2v) is 2.44. The van der Waals surface area contributed by atoms with Crippen molar-refractivity contribution in [1.29, 1.82) is 0 Å². The van der Waals surface area contributed by atoms with Crippen LogP contribution in [0, 0.1) is 0 Å². The number of carboxylic acid groups (broad SMARTS) is 1. The SMILES string of the molecule is [Cl-].[NH3+]CCCCC/C=C/C(=O)O. The van der Waals surface area contributed by atoms with Gasteiger partial charge in [0.05, 0.1) is 6.54 Å². The van der Waals surface area contributed by atoms with Crippen molar-refractivity contribution in [3.8, 4) is 0 Å². The third-order valence-electron chi connectivity index (χ3n) is 1.38. The van der Waals surface area contributed by atoms with Gasteiger partial charge in [-0.25, -0.2) is 4.79 Å². The van der Waals surface area contributed by atoms with Crippen LogP contribution < -0.4 is 18.1 Å². The highest BCUT2D eigenvalue weighted by molar-refractivity contribution is 5.79. The van der Waals surface area contributed by atoms with Crippen molar-refractivity contribution < 1.29 is 28.0 Å². The van der Waals surface area contributed by atoms with Gasteiger partial charge >= 0.3 is 5.97 Å². The van der Waals surface area contributed by atoms with Crippen molar-refractivity contribution in [3.05, 3.63) is 12.2 Å². The van der Waals surface area contributed by atoms with Crippen molar-refractivity contribution >= 4 is 5.97 Å². The maximum absolute atomic E-state index is 9.99. The molecular formula is C8H16ClNO2. The Labute approximate surface area is 79.1 Å². The van der Waals surface area contributed by atoms with Crippen LogP contribution in [0.25, 0.3) is 0 Å². The first kappa shape index (κ1) is 14.0. The topological polar surface area (TPSA) is 64.9 Å². The quantitative estimate of drug-likeness (QED) is 0.360. The summed E-state index contributed by atoms with van der Waals surface area (Å²) in [5.41, 5.74) is 3.72. The van der Waals surface area contributed by atoms with E-state index in [2.05, 4.69) is 5.73 Å². The van der Waals surface area contributed by atoms with Crippen molar-refractivity contribution in [2.75, 3.05) is 6.54 Å². The lowest BCUT2D eigenvalue weighted by atomic mass is 10.2. The number of carbonyl (C=O) groups is 1. The molecule has 4 N–H and O–H groups in total. The third-order valence-corrected chi connectivity index (χ3v) is 1.38. The Balaban J connectivity index is 0. The number of unbranched alkanes of at least 4 members (excludes halogenated alkanes) is 3. The fourth-order valence-corrected chi connectivity index (χ4v) is 0.800. The molecule has 0 heterocycles. The van der Waals surface area contributed by atoms with E-state index >= 15 is 0 Å². The number of carboxylic acids is 1. The van der Waals surface area contributed by atoms with Gasteiger partial charge in [0.2, 0.25) is 0 Å². The first-order valence-electron chi connectivity index (χ1n) is 3.96. The molecule has 0 atom stereocenters. The molecule has 0 radical (unpaired) electrons. The van der Waals surface area contributed by atoms with E-state index in [0.717, 1.165) is 32.2 Å². The van der Waals surface area contributed by atoms with E-state index in [1.54, 1.807) is 6.08 Å². The minimum absolute atomic E-state index is 0. The highest BCUT2D eigenvalue weighted by Crippen LogP contribution is 1.98. The molecule has 72 valence electrons. The summed E-state index contributed by atoms with van der Waals surface area (Å²) in [5.74, 6) is -0.859. The molecule has 0 amide bonds. The molecule has 0 aliphatic rings. The molecule has 0 saturated heterocycles. The maximum atomic E-state index is 9.99. The van der Waals surface area contributed by atoms with Gasteiger partial charge in [0.25, 0.3) is 0 Å². The summed E-state index contributed by atoms with van der Waals surface area (Å²) < 4.78 is 0. The Morgan fingerprint density at radius 2 is 2.00 bits per heavy atom. The summed E-state index contributed by atoms with van der Waals surface area (Å²) in [4.78, 5) is 9.99. The number of quaternary nitrogens is 1. The smallest absolute Gasteiger partial charge is 0.327 e. The second-order valence-electron chi connectivity index (χ2n) is 2.44. The number of hydrogen-bond donors (Lipinski definition) is 2. The van der Waals surface area contributed by atoms with Gasteiger partial charge in [0.1, 0.15) is 0 Å².